The van der Waals surface area contributed by atoms with Gasteiger partial charge in [-0.25, -0.2) is 4.57 Å². The molecule has 53 heavy (non-hydrogen) atoms. The smallest absolute Gasteiger partial charge is 0.462 e. The fourth-order valence-corrected chi connectivity index (χ4v) is 6.28. The normalized spacial score (nSPS) is 14.3. The lowest BCUT2D eigenvalue weighted by Crippen LogP contribution is -2.29. The zero-order valence-electron chi connectivity index (χ0n) is 33.5. The first kappa shape index (κ1) is 51.2. The summed E-state index contributed by atoms with van der Waals surface area (Å²) >= 11 is 0. The molecule has 0 aliphatic carbocycles. The summed E-state index contributed by atoms with van der Waals surface area (Å²) in [6.45, 7) is 2.31. The second-order valence-corrected chi connectivity index (χ2v) is 15.5. The molecule has 0 spiro atoms. The minimum absolute atomic E-state index is 0.165. The third-order valence-electron chi connectivity index (χ3n) is 8.77. The molecule has 0 amide bonds. The molecule has 0 rings (SSSR count). The molecule has 0 aromatic carbocycles. The van der Waals surface area contributed by atoms with E-state index in [4.69, 9.17) is 19.1 Å². The Kier molecular flexibility index (Phi) is 37.2. The van der Waals surface area contributed by atoms with Crippen LogP contribution in [0.5, 0.6) is 0 Å². The van der Waals surface area contributed by atoms with E-state index in [2.05, 4.69) is 54.8 Å². The maximum atomic E-state index is 12.6. The second-order valence-electron chi connectivity index (χ2n) is 14.0. The van der Waals surface area contributed by atoms with Gasteiger partial charge in [-0.1, -0.05) is 134 Å². The fourth-order valence-electron chi connectivity index (χ4n) is 5.49. The lowest BCUT2D eigenvalue weighted by Gasteiger charge is -2.20. The summed E-state index contributed by atoms with van der Waals surface area (Å²) in [5, 5.41) is 18.3. The van der Waals surface area contributed by atoms with Crippen LogP contribution in [0.15, 0.2) is 36.5 Å². The maximum Gasteiger partial charge on any atom is 0.472 e. The Hall–Kier alpha value is -1.81. The molecule has 0 saturated heterocycles. The van der Waals surface area contributed by atoms with Gasteiger partial charge in [-0.3, -0.25) is 18.6 Å². The first-order valence-electron chi connectivity index (χ1n) is 20.9. The fraction of sp³-hybridized carbons (Fsp3) is 0.810. The van der Waals surface area contributed by atoms with E-state index in [-0.39, 0.29) is 19.4 Å². The van der Waals surface area contributed by atoms with Crippen LogP contribution >= 0.6 is 7.82 Å². The van der Waals surface area contributed by atoms with Gasteiger partial charge in [-0.15, -0.1) is 0 Å². The first-order valence-corrected chi connectivity index (χ1v) is 22.4. The number of aliphatic hydroxyl groups is 2. The van der Waals surface area contributed by atoms with E-state index in [1.165, 1.54) is 70.6 Å². The van der Waals surface area contributed by atoms with Crippen molar-refractivity contribution in [3.05, 3.63) is 36.5 Å². The summed E-state index contributed by atoms with van der Waals surface area (Å²) < 4.78 is 32.6. The van der Waals surface area contributed by atoms with Crippen LogP contribution in [0.3, 0.4) is 0 Å². The number of ether oxygens (including phenoxy) is 2. The maximum absolute atomic E-state index is 12.6. The van der Waals surface area contributed by atoms with Crippen LogP contribution in [-0.2, 0) is 32.7 Å². The van der Waals surface area contributed by atoms with Crippen LogP contribution in [0.25, 0.3) is 0 Å². The quantitative estimate of drug-likeness (QED) is 0.0238. The summed E-state index contributed by atoms with van der Waals surface area (Å²) in [5.41, 5.74) is 0. The van der Waals surface area contributed by atoms with Gasteiger partial charge < -0.3 is 24.6 Å². The number of phosphoric acid groups is 1. The first-order chi connectivity index (χ1) is 25.7. The molecule has 10 nitrogen and oxygen atoms in total. The number of phosphoric ester groups is 1. The van der Waals surface area contributed by atoms with E-state index in [1.807, 2.05) is 0 Å². The number of hydrogen-bond donors (Lipinski definition) is 3. The standard InChI is InChI=1S/C42H77O10P/c1-3-5-7-9-11-13-15-17-19-21-23-25-27-29-31-33-41(45)49-37-40(38-51-53(47,48)50-36-39(44)35-43)52-42(46)34-32-30-28-26-24-22-20-18-16-14-12-10-8-6-4-2/h12,14,18,20-21,23,39-40,43-44H,3-11,13,15-17,19,22,24-38H2,1-2H3,(H,47,48)/b14-12+,20-18+,23-21+/t39-,40+/m0/s1. The molecule has 3 atom stereocenters. The molecule has 0 radical (unpaired) electrons. The topological polar surface area (TPSA) is 149 Å². The monoisotopic (exact) mass is 773 g/mol. The summed E-state index contributed by atoms with van der Waals surface area (Å²) in [6.07, 6.45) is 38.2. The molecule has 0 saturated carbocycles. The van der Waals surface area contributed by atoms with Crippen LogP contribution in [-0.4, -0.2) is 65.7 Å². The zero-order valence-corrected chi connectivity index (χ0v) is 34.4. The van der Waals surface area contributed by atoms with E-state index in [0.717, 1.165) is 70.6 Å². The molecular formula is C42H77O10P. The molecule has 0 aromatic rings. The van der Waals surface area contributed by atoms with Gasteiger partial charge in [0.1, 0.15) is 12.7 Å². The van der Waals surface area contributed by atoms with E-state index in [9.17, 15) is 24.2 Å². The van der Waals surface area contributed by atoms with Gasteiger partial charge in [0.05, 0.1) is 19.8 Å². The molecule has 310 valence electrons. The SMILES string of the molecule is CCCCC/C=C/C/C=C/CCCCCCCC(=O)O[C@H](COC(=O)CCCCC/C=C/CCCCCCCCCC)COP(=O)(O)OC[C@@H](O)CO. The summed E-state index contributed by atoms with van der Waals surface area (Å²) in [7, 11) is -4.62. The van der Waals surface area contributed by atoms with Crippen LogP contribution < -0.4 is 0 Å². The van der Waals surface area contributed by atoms with Gasteiger partial charge in [-0.2, -0.15) is 0 Å². The highest BCUT2D eigenvalue weighted by Gasteiger charge is 2.27. The van der Waals surface area contributed by atoms with Gasteiger partial charge in [0.2, 0.25) is 0 Å². The average Bonchev–Trinajstić information content (AvgIpc) is 3.14. The molecule has 0 bridgehead atoms. The average molecular weight is 773 g/mol. The van der Waals surface area contributed by atoms with Gasteiger partial charge in [-0.05, 0) is 70.6 Å². The van der Waals surface area contributed by atoms with Crippen molar-refractivity contribution in [1.82, 2.24) is 0 Å². The number of rotatable bonds is 39. The number of allylic oxidation sites excluding steroid dienone is 6. The van der Waals surface area contributed by atoms with Crippen molar-refractivity contribution in [2.45, 2.75) is 193 Å². The number of hydrogen-bond acceptors (Lipinski definition) is 9. The van der Waals surface area contributed by atoms with Crippen LogP contribution in [0.1, 0.15) is 181 Å². The Labute approximate surface area is 322 Å². The van der Waals surface area contributed by atoms with E-state index in [0.29, 0.717) is 12.8 Å². The molecule has 11 heteroatoms. The predicted octanol–water partition coefficient (Wildman–Crippen LogP) is 10.8. The molecular weight excluding hydrogens is 695 g/mol. The predicted molar refractivity (Wildman–Crippen MR) is 214 cm³/mol. The minimum atomic E-state index is -4.62. The number of esters is 2. The largest absolute Gasteiger partial charge is 0.472 e. The van der Waals surface area contributed by atoms with Crippen LogP contribution in [0, 0.1) is 0 Å². The Morgan fingerprint density at radius 3 is 1.53 bits per heavy atom. The van der Waals surface area contributed by atoms with E-state index >= 15 is 0 Å². The van der Waals surface area contributed by atoms with Gasteiger partial charge >= 0.3 is 19.8 Å². The molecule has 0 aliphatic rings. The Morgan fingerprint density at radius 2 is 0.981 bits per heavy atom. The minimum Gasteiger partial charge on any atom is -0.462 e. The molecule has 3 N–H and O–H groups in total. The van der Waals surface area contributed by atoms with Crippen LogP contribution in [0.4, 0.5) is 0 Å². The van der Waals surface area contributed by atoms with Crippen molar-refractivity contribution in [3.8, 4) is 0 Å². The van der Waals surface area contributed by atoms with Crippen LogP contribution in [0.2, 0.25) is 0 Å². The van der Waals surface area contributed by atoms with Crippen molar-refractivity contribution < 1.29 is 47.8 Å². The Balaban J connectivity index is 4.37. The summed E-state index contributed by atoms with van der Waals surface area (Å²) in [4.78, 5) is 34.9. The Bertz CT molecular complexity index is 983. The van der Waals surface area contributed by atoms with E-state index < -0.39 is 51.8 Å². The Morgan fingerprint density at radius 1 is 0.566 bits per heavy atom. The molecule has 0 aliphatic heterocycles. The highest BCUT2D eigenvalue weighted by molar-refractivity contribution is 7.47. The van der Waals surface area contributed by atoms with Gasteiger partial charge in [0.15, 0.2) is 6.10 Å². The van der Waals surface area contributed by atoms with Gasteiger partial charge in [0.25, 0.3) is 0 Å². The molecule has 0 fully saturated rings. The molecule has 1 unspecified atom stereocenters. The molecule has 0 aromatic heterocycles. The highest BCUT2D eigenvalue weighted by Crippen LogP contribution is 2.43. The number of unbranched alkanes of at least 4 members (excludes halogenated alkanes) is 19. The van der Waals surface area contributed by atoms with E-state index in [1.54, 1.807) is 0 Å². The third kappa shape index (κ3) is 38.3. The third-order valence-corrected chi connectivity index (χ3v) is 9.72. The van der Waals surface area contributed by atoms with Crippen molar-refractivity contribution >= 4 is 19.8 Å². The number of aliphatic hydroxyl groups excluding tert-OH is 2. The zero-order chi connectivity index (χ0) is 39.1. The molecule has 0 heterocycles. The van der Waals surface area contributed by atoms with Crippen molar-refractivity contribution in [2.75, 3.05) is 26.4 Å². The lowest BCUT2D eigenvalue weighted by atomic mass is 10.1. The lowest BCUT2D eigenvalue weighted by molar-refractivity contribution is -0.161. The highest BCUT2D eigenvalue weighted by atomic mass is 31.2. The number of carbonyl (C=O) groups excluding carboxylic acids is 2. The second kappa shape index (κ2) is 38.5. The summed E-state index contributed by atoms with van der Waals surface area (Å²) in [5.74, 6) is -0.959. The van der Waals surface area contributed by atoms with Crippen molar-refractivity contribution in [1.29, 1.82) is 0 Å². The van der Waals surface area contributed by atoms with Crippen molar-refractivity contribution in [3.63, 3.8) is 0 Å². The number of carbonyl (C=O) groups is 2. The van der Waals surface area contributed by atoms with Gasteiger partial charge in [0, 0.05) is 12.8 Å². The summed E-state index contributed by atoms with van der Waals surface area (Å²) in [6, 6.07) is 0. The van der Waals surface area contributed by atoms with Crippen molar-refractivity contribution in [2.24, 2.45) is 0 Å².